The predicted molar refractivity (Wildman–Crippen MR) is 89.7 cm³/mol. The summed E-state index contributed by atoms with van der Waals surface area (Å²) in [4.78, 5) is 21.6. The quantitative estimate of drug-likeness (QED) is 0.723. The molecular weight excluding hydrogens is 282 g/mol. The SMILES string of the molecule is CCC(C)c1nc(N(C)CC2CCCN2CC)sc1C=O. The molecule has 1 aliphatic heterocycles. The highest BCUT2D eigenvalue weighted by atomic mass is 32.1. The first-order chi connectivity index (χ1) is 10.1. The molecule has 0 amide bonds. The van der Waals surface area contributed by atoms with Gasteiger partial charge in [-0.15, -0.1) is 0 Å². The third-order valence-corrected chi connectivity index (χ3v) is 5.68. The molecule has 2 unspecified atom stereocenters. The second-order valence-corrected chi connectivity index (χ2v) is 6.99. The van der Waals surface area contributed by atoms with E-state index in [-0.39, 0.29) is 0 Å². The van der Waals surface area contributed by atoms with Gasteiger partial charge in [0.25, 0.3) is 0 Å². The molecule has 1 aromatic rings. The van der Waals surface area contributed by atoms with Crippen LogP contribution in [0, 0.1) is 0 Å². The summed E-state index contributed by atoms with van der Waals surface area (Å²) in [5, 5.41) is 0.982. The third kappa shape index (κ3) is 3.64. The number of carbonyl (C=O) groups is 1. The molecular formula is C16H27N3OS. The minimum atomic E-state index is 0.349. The molecule has 0 saturated carbocycles. The van der Waals surface area contributed by atoms with E-state index in [2.05, 4.69) is 37.6 Å². The van der Waals surface area contributed by atoms with E-state index in [1.165, 1.54) is 30.7 Å². The number of nitrogens with zero attached hydrogens (tertiary/aromatic N) is 3. The van der Waals surface area contributed by atoms with Crippen LogP contribution in [0.15, 0.2) is 0 Å². The first-order valence-electron chi connectivity index (χ1n) is 8.01. The number of aldehydes is 1. The van der Waals surface area contributed by atoms with Crippen molar-refractivity contribution in [2.45, 2.75) is 52.0 Å². The van der Waals surface area contributed by atoms with Gasteiger partial charge in [-0.05, 0) is 38.3 Å². The predicted octanol–water partition coefficient (Wildman–Crippen LogP) is 3.39. The molecule has 21 heavy (non-hydrogen) atoms. The lowest BCUT2D eigenvalue weighted by atomic mass is 10.0. The van der Waals surface area contributed by atoms with Crippen molar-refractivity contribution in [2.24, 2.45) is 0 Å². The van der Waals surface area contributed by atoms with Crippen molar-refractivity contribution in [1.29, 1.82) is 0 Å². The number of likely N-dealkylation sites (tertiary alicyclic amines) is 1. The van der Waals surface area contributed by atoms with Gasteiger partial charge in [0.2, 0.25) is 0 Å². The summed E-state index contributed by atoms with van der Waals surface area (Å²) in [7, 11) is 2.10. The fourth-order valence-corrected chi connectivity index (χ4v) is 4.01. The van der Waals surface area contributed by atoms with E-state index >= 15 is 0 Å². The molecule has 0 spiro atoms. The molecule has 1 saturated heterocycles. The average Bonchev–Trinajstić information content (AvgIpc) is 3.12. The van der Waals surface area contributed by atoms with Crippen molar-refractivity contribution in [3.05, 3.63) is 10.6 Å². The Bertz CT molecular complexity index is 474. The molecule has 0 aliphatic carbocycles. The second kappa shape index (κ2) is 7.36. The molecule has 4 nitrogen and oxygen atoms in total. The van der Waals surface area contributed by atoms with Crippen LogP contribution in [-0.4, -0.2) is 48.9 Å². The molecule has 0 radical (unpaired) electrons. The fourth-order valence-electron chi connectivity index (χ4n) is 3.04. The van der Waals surface area contributed by atoms with Gasteiger partial charge >= 0.3 is 0 Å². The van der Waals surface area contributed by atoms with Crippen molar-refractivity contribution < 1.29 is 4.79 Å². The topological polar surface area (TPSA) is 36.4 Å². The van der Waals surface area contributed by atoms with Crippen molar-refractivity contribution in [2.75, 3.05) is 31.6 Å². The first kappa shape index (κ1) is 16.4. The number of rotatable bonds is 7. The fraction of sp³-hybridized carbons (Fsp3) is 0.750. The molecule has 0 N–H and O–H groups in total. The maximum atomic E-state index is 11.3. The Morgan fingerprint density at radius 1 is 1.52 bits per heavy atom. The van der Waals surface area contributed by atoms with Crippen LogP contribution >= 0.6 is 11.3 Å². The molecule has 1 fully saturated rings. The number of aromatic nitrogens is 1. The summed E-state index contributed by atoms with van der Waals surface area (Å²) in [5.41, 5.74) is 0.970. The van der Waals surface area contributed by atoms with Gasteiger partial charge in [-0.3, -0.25) is 9.69 Å². The minimum Gasteiger partial charge on any atom is -0.350 e. The van der Waals surface area contributed by atoms with Crippen LogP contribution in [0.25, 0.3) is 0 Å². The Kier molecular flexibility index (Phi) is 5.76. The molecule has 1 aromatic heterocycles. The normalized spacial score (nSPS) is 20.7. The van der Waals surface area contributed by atoms with Gasteiger partial charge in [0.15, 0.2) is 11.4 Å². The maximum Gasteiger partial charge on any atom is 0.186 e. The number of anilines is 1. The summed E-state index contributed by atoms with van der Waals surface area (Å²) in [5.74, 6) is 0.349. The van der Waals surface area contributed by atoms with Gasteiger partial charge in [-0.25, -0.2) is 4.98 Å². The van der Waals surface area contributed by atoms with Crippen molar-refractivity contribution in [1.82, 2.24) is 9.88 Å². The van der Waals surface area contributed by atoms with Crippen molar-refractivity contribution in [3.8, 4) is 0 Å². The third-order valence-electron chi connectivity index (χ3n) is 4.57. The Morgan fingerprint density at radius 3 is 2.90 bits per heavy atom. The molecule has 2 atom stereocenters. The molecule has 2 heterocycles. The smallest absolute Gasteiger partial charge is 0.186 e. The lowest BCUT2D eigenvalue weighted by Crippen LogP contribution is -2.38. The highest BCUT2D eigenvalue weighted by Gasteiger charge is 2.25. The van der Waals surface area contributed by atoms with E-state index in [0.29, 0.717) is 12.0 Å². The second-order valence-electron chi connectivity index (χ2n) is 5.98. The summed E-state index contributed by atoms with van der Waals surface area (Å²) in [6.07, 6.45) is 4.54. The number of hydrogen-bond acceptors (Lipinski definition) is 5. The molecule has 118 valence electrons. The summed E-state index contributed by atoms with van der Waals surface area (Å²) in [6.45, 7) is 9.84. The lowest BCUT2D eigenvalue weighted by molar-refractivity contribution is 0.112. The van der Waals surface area contributed by atoms with Gasteiger partial charge < -0.3 is 4.90 Å². The van der Waals surface area contributed by atoms with Crippen LogP contribution in [0.3, 0.4) is 0 Å². The molecule has 0 aromatic carbocycles. The van der Waals surface area contributed by atoms with Crippen LogP contribution in [0.1, 0.15) is 61.3 Å². The average molecular weight is 309 g/mol. The van der Waals surface area contributed by atoms with Crippen LogP contribution in [0.4, 0.5) is 5.13 Å². The van der Waals surface area contributed by atoms with Gasteiger partial charge in [-0.2, -0.15) is 0 Å². The Balaban J connectivity index is 2.10. The first-order valence-corrected chi connectivity index (χ1v) is 8.83. The van der Waals surface area contributed by atoms with E-state index < -0.39 is 0 Å². The van der Waals surface area contributed by atoms with Crippen LogP contribution in [0.5, 0.6) is 0 Å². The zero-order valence-electron chi connectivity index (χ0n) is 13.6. The van der Waals surface area contributed by atoms with Crippen LogP contribution in [-0.2, 0) is 0 Å². The van der Waals surface area contributed by atoms with Crippen LogP contribution < -0.4 is 4.90 Å². The van der Waals surface area contributed by atoms with Gasteiger partial charge in [0.1, 0.15) is 0 Å². The van der Waals surface area contributed by atoms with Gasteiger partial charge in [0, 0.05) is 19.6 Å². The Hall–Kier alpha value is -0.940. The van der Waals surface area contributed by atoms with Crippen molar-refractivity contribution >= 4 is 22.8 Å². The number of carbonyl (C=O) groups excluding carboxylic acids is 1. The van der Waals surface area contributed by atoms with E-state index in [1.807, 2.05) is 0 Å². The van der Waals surface area contributed by atoms with E-state index in [9.17, 15) is 4.79 Å². The minimum absolute atomic E-state index is 0.349. The van der Waals surface area contributed by atoms with Crippen LogP contribution in [0.2, 0.25) is 0 Å². The Labute approximate surface area is 132 Å². The monoisotopic (exact) mass is 309 g/mol. The molecule has 2 rings (SSSR count). The zero-order chi connectivity index (χ0) is 15.4. The Morgan fingerprint density at radius 2 is 2.29 bits per heavy atom. The number of likely N-dealkylation sites (N-methyl/N-ethyl adjacent to an activating group) is 2. The maximum absolute atomic E-state index is 11.3. The summed E-state index contributed by atoms with van der Waals surface area (Å²) in [6, 6.07) is 0.621. The van der Waals surface area contributed by atoms with E-state index in [1.54, 1.807) is 0 Å². The summed E-state index contributed by atoms with van der Waals surface area (Å²) < 4.78 is 0. The zero-order valence-corrected chi connectivity index (χ0v) is 14.4. The highest BCUT2D eigenvalue weighted by molar-refractivity contribution is 7.17. The number of thiazole rings is 1. The number of hydrogen-bond donors (Lipinski definition) is 0. The molecule has 5 heteroatoms. The molecule has 0 bridgehead atoms. The van der Waals surface area contributed by atoms with E-state index in [0.717, 1.165) is 41.5 Å². The summed E-state index contributed by atoms with van der Waals surface area (Å²) >= 11 is 1.53. The molecule has 1 aliphatic rings. The van der Waals surface area contributed by atoms with Crippen molar-refractivity contribution in [3.63, 3.8) is 0 Å². The highest BCUT2D eigenvalue weighted by Crippen LogP contribution is 2.31. The van der Waals surface area contributed by atoms with Gasteiger partial charge in [0.05, 0.1) is 10.6 Å². The standard InChI is InChI=1S/C16H27N3OS/c1-5-12(3)15-14(11-20)21-16(17-15)18(4)10-13-8-7-9-19(13)6-2/h11-13H,5-10H2,1-4H3. The lowest BCUT2D eigenvalue weighted by Gasteiger charge is -2.27. The van der Waals surface area contributed by atoms with Gasteiger partial charge in [-0.1, -0.05) is 32.1 Å². The van der Waals surface area contributed by atoms with E-state index in [4.69, 9.17) is 4.98 Å². The largest absolute Gasteiger partial charge is 0.350 e.